The van der Waals surface area contributed by atoms with E-state index in [4.69, 9.17) is 0 Å². The van der Waals surface area contributed by atoms with Crippen molar-refractivity contribution in [3.05, 3.63) is 64.1 Å². The minimum Gasteiger partial charge on any atom is -0.312 e. The van der Waals surface area contributed by atoms with Gasteiger partial charge in [-0.25, -0.2) is 4.79 Å². The Labute approximate surface area is 134 Å². The monoisotopic (exact) mass is 309 g/mol. The zero-order chi connectivity index (χ0) is 16.4. The molecule has 0 saturated carbocycles. The highest BCUT2D eigenvalue weighted by molar-refractivity contribution is 5.95. The summed E-state index contributed by atoms with van der Waals surface area (Å²) in [7, 11) is 0. The first-order chi connectivity index (χ1) is 11.1. The number of nitrogens with zero attached hydrogens (tertiary/aromatic N) is 1. The number of nitrogens with one attached hydrogen (secondary N) is 2. The van der Waals surface area contributed by atoms with E-state index in [1.807, 2.05) is 56.3 Å². The van der Waals surface area contributed by atoms with E-state index in [2.05, 4.69) is 9.97 Å². The standard InChI is InChI=1S/C18H19N3O2/c1-3-21(14-6-4-5-12(2)9-14)17(22)11-13-7-8-15-16(10-13)20-18(23)19-15/h4-10H,3,11H2,1-2H3,(H2,19,20,23). The summed E-state index contributed by atoms with van der Waals surface area (Å²) in [6.45, 7) is 4.59. The molecule has 3 aromatic rings. The smallest absolute Gasteiger partial charge is 0.312 e. The fourth-order valence-corrected chi connectivity index (χ4v) is 2.76. The molecule has 0 unspecified atom stereocenters. The van der Waals surface area contributed by atoms with Gasteiger partial charge in [0, 0.05) is 12.2 Å². The number of hydrogen-bond acceptors (Lipinski definition) is 2. The predicted molar refractivity (Wildman–Crippen MR) is 91.8 cm³/mol. The minimum atomic E-state index is -0.238. The van der Waals surface area contributed by atoms with Crippen LogP contribution in [0, 0.1) is 6.92 Å². The number of anilines is 1. The minimum absolute atomic E-state index is 0.0373. The van der Waals surface area contributed by atoms with E-state index in [0.29, 0.717) is 13.0 Å². The van der Waals surface area contributed by atoms with Crippen molar-refractivity contribution < 1.29 is 4.79 Å². The maximum Gasteiger partial charge on any atom is 0.323 e. The molecule has 3 rings (SSSR count). The van der Waals surface area contributed by atoms with Crippen LogP contribution in [-0.2, 0) is 11.2 Å². The topological polar surface area (TPSA) is 69.0 Å². The van der Waals surface area contributed by atoms with Crippen molar-refractivity contribution in [2.75, 3.05) is 11.4 Å². The van der Waals surface area contributed by atoms with E-state index in [-0.39, 0.29) is 11.6 Å². The number of hydrogen-bond donors (Lipinski definition) is 2. The number of amides is 1. The van der Waals surface area contributed by atoms with Crippen molar-refractivity contribution in [1.82, 2.24) is 9.97 Å². The molecular weight excluding hydrogens is 290 g/mol. The third-order valence-electron chi connectivity index (χ3n) is 3.87. The summed E-state index contributed by atoms with van der Waals surface area (Å²) in [5.74, 6) is 0.0373. The highest BCUT2D eigenvalue weighted by atomic mass is 16.2. The molecule has 0 aliphatic carbocycles. The molecule has 0 radical (unpaired) electrons. The van der Waals surface area contributed by atoms with E-state index in [9.17, 15) is 9.59 Å². The Morgan fingerprint density at radius 2 is 1.87 bits per heavy atom. The van der Waals surface area contributed by atoms with Gasteiger partial charge in [0.05, 0.1) is 17.5 Å². The first kappa shape index (κ1) is 15.1. The summed E-state index contributed by atoms with van der Waals surface area (Å²) in [6, 6.07) is 13.5. The van der Waals surface area contributed by atoms with Crippen LogP contribution in [-0.4, -0.2) is 22.4 Å². The zero-order valence-electron chi connectivity index (χ0n) is 13.2. The normalized spacial score (nSPS) is 10.9. The fraction of sp³-hybridized carbons (Fsp3) is 0.222. The van der Waals surface area contributed by atoms with E-state index >= 15 is 0 Å². The highest BCUT2D eigenvalue weighted by Gasteiger charge is 2.15. The van der Waals surface area contributed by atoms with Crippen LogP contribution in [0.3, 0.4) is 0 Å². The van der Waals surface area contributed by atoms with Crippen molar-refractivity contribution in [2.45, 2.75) is 20.3 Å². The molecule has 0 aliphatic rings. The average molecular weight is 309 g/mol. The maximum atomic E-state index is 12.6. The van der Waals surface area contributed by atoms with Gasteiger partial charge in [-0.1, -0.05) is 18.2 Å². The highest BCUT2D eigenvalue weighted by Crippen LogP contribution is 2.18. The van der Waals surface area contributed by atoms with Gasteiger partial charge in [-0.05, 0) is 49.2 Å². The SMILES string of the molecule is CCN(C(=O)Cc1ccc2[nH]c(=O)[nH]c2c1)c1cccc(C)c1. The summed E-state index contributed by atoms with van der Waals surface area (Å²) >= 11 is 0. The lowest BCUT2D eigenvalue weighted by Crippen LogP contribution is -2.32. The summed E-state index contributed by atoms with van der Waals surface area (Å²) in [4.78, 5) is 31.1. The molecule has 1 amide bonds. The van der Waals surface area contributed by atoms with Gasteiger partial charge < -0.3 is 14.9 Å². The third-order valence-corrected chi connectivity index (χ3v) is 3.87. The van der Waals surface area contributed by atoms with Crippen molar-refractivity contribution in [3.63, 3.8) is 0 Å². The van der Waals surface area contributed by atoms with E-state index in [1.165, 1.54) is 0 Å². The van der Waals surface area contributed by atoms with E-state index in [1.54, 1.807) is 4.90 Å². The third kappa shape index (κ3) is 3.18. The average Bonchev–Trinajstić information content (AvgIpc) is 2.87. The lowest BCUT2D eigenvalue weighted by molar-refractivity contribution is -0.117. The maximum absolute atomic E-state index is 12.6. The van der Waals surface area contributed by atoms with Crippen molar-refractivity contribution in [3.8, 4) is 0 Å². The molecule has 0 aliphatic heterocycles. The molecule has 2 N–H and O–H groups in total. The van der Waals surface area contributed by atoms with E-state index < -0.39 is 0 Å². The second-order valence-corrected chi connectivity index (χ2v) is 5.61. The Morgan fingerprint density at radius 3 is 2.61 bits per heavy atom. The van der Waals surface area contributed by atoms with Crippen LogP contribution in [0.15, 0.2) is 47.3 Å². The Hall–Kier alpha value is -2.82. The van der Waals surface area contributed by atoms with Crippen LogP contribution in [0.2, 0.25) is 0 Å². The molecule has 118 valence electrons. The Bertz CT molecular complexity index is 908. The predicted octanol–water partition coefficient (Wildman–Crippen LogP) is 2.76. The van der Waals surface area contributed by atoms with Crippen molar-refractivity contribution >= 4 is 22.6 Å². The number of carbonyl (C=O) groups excluding carboxylic acids is 1. The van der Waals surface area contributed by atoms with Gasteiger partial charge in [0.25, 0.3) is 0 Å². The number of benzene rings is 2. The molecule has 0 saturated heterocycles. The molecule has 5 heteroatoms. The number of aryl methyl sites for hydroxylation is 1. The lowest BCUT2D eigenvalue weighted by Gasteiger charge is -2.21. The summed E-state index contributed by atoms with van der Waals surface area (Å²) in [5, 5.41) is 0. The van der Waals surface area contributed by atoms with Crippen molar-refractivity contribution in [2.24, 2.45) is 0 Å². The van der Waals surface area contributed by atoms with Crippen LogP contribution >= 0.6 is 0 Å². The van der Waals surface area contributed by atoms with Gasteiger partial charge in [-0.15, -0.1) is 0 Å². The van der Waals surface area contributed by atoms with Crippen LogP contribution in [0.5, 0.6) is 0 Å². The number of likely N-dealkylation sites (N-methyl/N-ethyl adjacent to an activating group) is 1. The number of carbonyl (C=O) groups is 1. The zero-order valence-corrected chi connectivity index (χ0v) is 13.2. The van der Waals surface area contributed by atoms with Gasteiger partial charge in [-0.3, -0.25) is 4.79 Å². The van der Waals surface area contributed by atoms with Gasteiger partial charge >= 0.3 is 5.69 Å². The lowest BCUT2D eigenvalue weighted by atomic mass is 10.1. The molecule has 1 heterocycles. The second kappa shape index (κ2) is 6.12. The number of aromatic amines is 2. The molecule has 23 heavy (non-hydrogen) atoms. The van der Waals surface area contributed by atoms with Crippen LogP contribution in [0.25, 0.3) is 11.0 Å². The fourth-order valence-electron chi connectivity index (χ4n) is 2.76. The van der Waals surface area contributed by atoms with Gasteiger partial charge in [0.1, 0.15) is 0 Å². The molecule has 0 bridgehead atoms. The van der Waals surface area contributed by atoms with Crippen LogP contribution in [0.1, 0.15) is 18.1 Å². The quantitative estimate of drug-likeness (QED) is 0.778. The Kier molecular flexibility index (Phi) is 4.02. The number of fused-ring (bicyclic) bond motifs is 1. The molecule has 0 spiro atoms. The molecule has 0 atom stereocenters. The second-order valence-electron chi connectivity index (χ2n) is 5.61. The molecule has 0 fully saturated rings. The van der Waals surface area contributed by atoms with Crippen LogP contribution in [0.4, 0.5) is 5.69 Å². The largest absolute Gasteiger partial charge is 0.323 e. The Morgan fingerprint density at radius 1 is 1.09 bits per heavy atom. The van der Waals surface area contributed by atoms with Crippen LogP contribution < -0.4 is 10.6 Å². The number of rotatable bonds is 4. The molecule has 1 aromatic heterocycles. The van der Waals surface area contributed by atoms with E-state index in [0.717, 1.165) is 27.8 Å². The van der Waals surface area contributed by atoms with Crippen molar-refractivity contribution in [1.29, 1.82) is 0 Å². The Balaban J connectivity index is 1.84. The first-order valence-corrected chi connectivity index (χ1v) is 7.65. The molecule has 2 aromatic carbocycles. The summed E-state index contributed by atoms with van der Waals surface area (Å²) < 4.78 is 0. The first-order valence-electron chi connectivity index (χ1n) is 7.65. The van der Waals surface area contributed by atoms with Gasteiger partial charge in [0.15, 0.2) is 0 Å². The molecular formula is C18H19N3O2. The number of aromatic nitrogens is 2. The van der Waals surface area contributed by atoms with Gasteiger partial charge in [0.2, 0.25) is 5.91 Å². The number of imidazole rings is 1. The number of H-pyrrole nitrogens is 2. The van der Waals surface area contributed by atoms with Gasteiger partial charge in [-0.2, -0.15) is 0 Å². The molecule has 5 nitrogen and oxygen atoms in total. The summed E-state index contributed by atoms with van der Waals surface area (Å²) in [6.07, 6.45) is 0.297. The summed E-state index contributed by atoms with van der Waals surface area (Å²) in [5.41, 5.74) is 4.15.